The summed E-state index contributed by atoms with van der Waals surface area (Å²) in [5.41, 5.74) is 1.21. The van der Waals surface area contributed by atoms with Gasteiger partial charge in [-0.25, -0.2) is 0 Å². The Morgan fingerprint density at radius 1 is 1.30 bits per heavy atom. The molecule has 1 heterocycles. The molecule has 2 rings (SSSR count). The van der Waals surface area contributed by atoms with Crippen LogP contribution in [0.15, 0.2) is 18.2 Å². The van der Waals surface area contributed by atoms with Gasteiger partial charge in [-0.05, 0) is 31.9 Å². The highest BCUT2D eigenvalue weighted by Gasteiger charge is 2.36. The third-order valence-electron chi connectivity index (χ3n) is 4.64. The van der Waals surface area contributed by atoms with Gasteiger partial charge in [0.05, 0.1) is 0 Å². The molecule has 2 atom stereocenters. The molecule has 1 aliphatic rings. The summed E-state index contributed by atoms with van der Waals surface area (Å²) in [6.45, 7) is 9.67. The van der Waals surface area contributed by atoms with Crippen molar-refractivity contribution >= 4 is 23.2 Å². The number of benzene rings is 1. The molecule has 0 spiro atoms. The fourth-order valence-electron chi connectivity index (χ4n) is 2.78. The topological polar surface area (TPSA) is 15.3 Å². The van der Waals surface area contributed by atoms with Gasteiger partial charge in [-0.3, -0.25) is 4.90 Å². The van der Waals surface area contributed by atoms with Crippen molar-refractivity contribution in [1.82, 2.24) is 10.2 Å². The van der Waals surface area contributed by atoms with Gasteiger partial charge in [0, 0.05) is 46.8 Å². The number of hydrogen-bond acceptors (Lipinski definition) is 2. The predicted molar refractivity (Wildman–Crippen MR) is 87.6 cm³/mol. The van der Waals surface area contributed by atoms with Gasteiger partial charge in [-0.1, -0.05) is 43.1 Å². The summed E-state index contributed by atoms with van der Waals surface area (Å²) in [6.07, 6.45) is 2.26. The maximum atomic E-state index is 6.33. The summed E-state index contributed by atoms with van der Waals surface area (Å²) in [5.74, 6) is 0. The van der Waals surface area contributed by atoms with Crippen LogP contribution in [0.5, 0.6) is 0 Å². The third kappa shape index (κ3) is 3.30. The molecule has 1 N–H and O–H groups in total. The molecule has 1 saturated heterocycles. The van der Waals surface area contributed by atoms with Crippen molar-refractivity contribution in [2.75, 3.05) is 13.1 Å². The first-order chi connectivity index (χ1) is 9.50. The predicted octanol–water partition coefficient (Wildman–Crippen LogP) is 4.35. The smallest absolute Gasteiger partial charge is 0.0465 e. The lowest BCUT2D eigenvalue weighted by Crippen LogP contribution is -2.62. The van der Waals surface area contributed by atoms with Crippen LogP contribution in [-0.2, 0) is 6.54 Å². The number of halogens is 2. The summed E-state index contributed by atoms with van der Waals surface area (Å²) in [7, 11) is 0. The monoisotopic (exact) mass is 314 g/mol. The number of nitrogens with one attached hydrogen (secondary N) is 1. The van der Waals surface area contributed by atoms with Crippen molar-refractivity contribution in [3.05, 3.63) is 33.8 Å². The zero-order chi connectivity index (χ0) is 14.8. The Hall–Kier alpha value is -0.280. The maximum absolute atomic E-state index is 6.33. The Labute approximate surface area is 132 Å². The van der Waals surface area contributed by atoms with Gasteiger partial charge in [0.1, 0.15) is 0 Å². The van der Waals surface area contributed by atoms with Crippen molar-refractivity contribution in [3.8, 4) is 0 Å². The molecule has 2 nitrogen and oxygen atoms in total. The Bertz CT molecular complexity index is 444. The molecule has 1 aromatic rings. The largest absolute Gasteiger partial charge is 0.311 e. The van der Waals surface area contributed by atoms with E-state index in [9.17, 15) is 0 Å². The van der Waals surface area contributed by atoms with Crippen LogP contribution in [-0.4, -0.2) is 29.6 Å². The van der Waals surface area contributed by atoms with E-state index in [-0.39, 0.29) is 5.54 Å². The second-order valence-electron chi connectivity index (χ2n) is 5.92. The number of nitrogens with zero attached hydrogens (tertiary/aromatic N) is 1. The average Bonchev–Trinajstić information content (AvgIpc) is 2.45. The fourth-order valence-corrected chi connectivity index (χ4v) is 3.30. The van der Waals surface area contributed by atoms with Gasteiger partial charge in [-0.15, -0.1) is 0 Å². The SMILES string of the molecule is CCC1CN(Cc2c(Cl)cccc2Cl)C(C)(CC)CN1. The molecule has 1 aromatic carbocycles. The minimum atomic E-state index is 0.161. The van der Waals surface area contributed by atoms with Crippen molar-refractivity contribution in [2.45, 2.75) is 51.7 Å². The molecule has 20 heavy (non-hydrogen) atoms. The molecule has 112 valence electrons. The van der Waals surface area contributed by atoms with Crippen LogP contribution >= 0.6 is 23.2 Å². The van der Waals surface area contributed by atoms with Crippen molar-refractivity contribution in [2.24, 2.45) is 0 Å². The van der Waals surface area contributed by atoms with Gasteiger partial charge in [-0.2, -0.15) is 0 Å². The molecule has 0 bridgehead atoms. The van der Waals surface area contributed by atoms with Crippen molar-refractivity contribution in [1.29, 1.82) is 0 Å². The second-order valence-corrected chi connectivity index (χ2v) is 6.73. The van der Waals surface area contributed by atoms with E-state index in [2.05, 4.69) is 31.0 Å². The van der Waals surface area contributed by atoms with Crippen LogP contribution in [0.4, 0.5) is 0 Å². The average molecular weight is 315 g/mol. The number of rotatable bonds is 4. The number of hydrogen-bond donors (Lipinski definition) is 1. The highest BCUT2D eigenvalue weighted by atomic mass is 35.5. The molecule has 2 unspecified atom stereocenters. The quantitative estimate of drug-likeness (QED) is 0.889. The summed E-state index contributed by atoms with van der Waals surface area (Å²) < 4.78 is 0. The van der Waals surface area contributed by atoms with Gasteiger partial charge in [0.2, 0.25) is 0 Å². The van der Waals surface area contributed by atoms with Crippen LogP contribution < -0.4 is 5.32 Å². The minimum Gasteiger partial charge on any atom is -0.311 e. The van der Waals surface area contributed by atoms with Crippen molar-refractivity contribution in [3.63, 3.8) is 0 Å². The summed E-state index contributed by atoms with van der Waals surface area (Å²) in [5, 5.41) is 5.18. The molecular formula is C16H24Cl2N2. The maximum Gasteiger partial charge on any atom is 0.0465 e. The first-order valence-electron chi connectivity index (χ1n) is 7.41. The Morgan fingerprint density at radius 2 is 1.95 bits per heavy atom. The van der Waals surface area contributed by atoms with Gasteiger partial charge < -0.3 is 5.32 Å². The van der Waals surface area contributed by atoms with Gasteiger partial charge in [0.15, 0.2) is 0 Å². The molecule has 0 aromatic heterocycles. The highest BCUT2D eigenvalue weighted by molar-refractivity contribution is 6.35. The molecule has 4 heteroatoms. The van der Waals surface area contributed by atoms with E-state index in [1.165, 1.54) is 0 Å². The van der Waals surface area contributed by atoms with E-state index in [1.807, 2.05) is 18.2 Å². The molecule has 0 radical (unpaired) electrons. The molecule has 0 aliphatic carbocycles. The van der Waals surface area contributed by atoms with Crippen LogP contribution in [0.2, 0.25) is 10.0 Å². The Balaban J connectivity index is 2.23. The lowest BCUT2D eigenvalue weighted by atomic mass is 9.91. The Morgan fingerprint density at radius 3 is 2.50 bits per heavy atom. The first kappa shape index (κ1) is 16.1. The molecule has 0 saturated carbocycles. The second kappa shape index (κ2) is 6.65. The Kier molecular flexibility index (Phi) is 5.36. The van der Waals surface area contributed by atoms with E-state index in [1.54, 1.807) is 0 Å². The summed E-state index contributed by atoms with van der Waals surface area (Å²) >= 11 is 12.7. The van der Waals surface area contributed by atoms with E-state index >= 15 is 0 Å². The van der Waals surface area contributed by atoms with Crippen molar-refractivity contribution < 1.29 is 0 Å². The zero-order valence-corrected chi connectivity index (χ0v) is 14.1. The molecule has 0 amide bonds. The van der Waals surface area contributed by atoms with E-state index in [0.717, 1.165) is 48.1 Å². The lowest BCUT2D eigenvalue weighted by molar-refractivity contribution is 0.0409. The zero-order valence-electron chi connectivity index (χ0n) is 12.5. The molecule has 1 aliphatic heterocycles. The van der Waals surface area contributed by atoms with Crippen LogP contribution in [0.3, 0.4) is 0 Å². The minimum absolute atomic E-state index is 0.161. The molecule has 1 fully saturated rings. The first-order valence-corrected chi connectivity index (χ1v) is 8.17. The lowest BCUT2D eigenvalue weighted by Gasteiger charge is -2.48. The van der Waals surface area contributed by atoms with E-state index in [4.69, 9.17) is 23.2 Å². The van der Waals surface area contributed by atoms with Gasteiger partial charge >= 0.3 is 0 Å². The summed E-state index contributed by atoms with van der Waals surface area (Å²) in [6, 6.07) is 6.30. The van der Waals surface area contributed by atoms with Crippen LogP contribution in [0.25, 0.3) is 0 Å². The normalized spacial score (nSPS) is 27.8. The van der Waals surface area contributed by atoms with E-state index < -0.39 is 0 Å². The standard InChI is InChI=1S/C16H24Cl2N2/c1-4-12-9-20(16(3,5-2)11-19-12)10-13-14(17)7-6-8-15(13)18/h6-8,12,19H,4-5,9-11H2,1-3H3. The third-order valence-corrected chi connectivity index (χ3v) is 5.35. The van der Waals surface area contributed by atoms with Crippen LogP contribution in [0, 0.1) is 0 Å². The van der Waals surface area contributed by atoms with Crippen LogP contribution in [0.1, 0.15) is 39.2 Å². The highest BCUT2D eigenvalue weighted by Crippen LogP contribution is 2.31. The number of piperazine rings is 1. The fraction of sp³-hybridized carbons (Fsp3) is 0.625. The van der Waals surface area contributed by atoms with Gasteiger partial charge in [0.25, 0.3) is 0 Å². The summed E-state index contributed by atoms with van der Waals surface area (Å²) in [4.78, 5) is 2.53. The molecular weight excluding hydrogens is 291 g/mol. The van der Waals surface area contributed by atoms with E-state index in [0.29, 0.717) is 6.04 Å².